The second-order valence-electron chi connectivity index (χ2n) is 3.77. The van der Waals surface area contributed by atoms with Crippen LogP contribution >= 0.6 is 0 Å². The predicted molar refractivity (Wildman–Crippen MR) is 63.4 cm³/mol. The molecule has 1 N–H and O–H groups in total. The molecule has 94 valence electrons. The van der Waals surface area contributed by atoms with Gasteiger partial charge in [-0.25, -0.2) is 9.59 Å². The molecule has 1 saturated heterocycles. The van der Waals surface area contributed by atoms with Gasteiger partial charge in [-0.1, -0.05) is 30.3 Å². The summed E-state index contributed by atoms with van der Waals surface area (Å²) < 4.78 is 9.70. The molecule has 0 aromatic heterocycles. The number of rotatable bonds is 2. The smallest absolute Gasteiger partial charge is 0.355 e. The van der Waals surface area contributed by atoms with Crippen LogP contribution < -0.4 is 5.32 Å². The molecular weight excluding hydrogens is 234 g/mol. The summed E-state index contributed by atoms with van der Waals surface area (Å²) in [5.41, 5.74) is 1.03. The van der Waals surface area contributed by atoms with Crippen LogP contribution in [0.5, 0.6) is 0 Å². The summed E-state index contributed by atoms with van der Waals surface area (Å²) in [7, 11) is 1.25. The summed E-state index contributed by atoms with van der Waals surface area (Å²) in [6, 6.07) is 9.42. The first kappa shape index (κ1) is 12.2. The Hall–Kier alpha value is -2.30. The van der Waals surface area contributed by atoms with Crippen molar-refractivity contribution in [2.75, 3.05) is 13.7 Å². The molecule has 0 saturated carbocycles. The van der Waals surface area contributed by atoms with E-state index in [1.165, 1.54) is 7.11 Å². The maximum atomic E-state index is 11.7. The molecule has 1 fully saturated rings. The fourth-order valence-corrected chi connectivity index (χ4v) is 1.65. The fraction of sp³-hybridized carbons (Fsp3) is 0.231. The van der Waals surface area contributed by atoms with E-state index in [-0.39, 0.29) is 11.8 Å². The first-order chi connectivity index (χ1) is 8.70. The standard InChI is InChI=1S/C13H13NO4/c1-17-12(15)7-10-13(16)18-11(8-14-10)9-5-3-2-4-6-9/h2-7,11,14H,8H2,1H3. The second-order valence-corrected chi connectivity index (χ2v) is 3.77. The van der Waals surface area contributed by atoms with E-state index in [4.69, 9.17) is 4.74 Å². The fourth-order valence-electron chi connectivity index (χ4n) is 1.65. The molecule has 18 heavy (non-hydrogen) atoms. The van der Waals surface area contributed by atoms with E-state index in [0.717, 1.165) is 11.6 Å². The van der Waals surface area contributed by atoms with Gasteiger partial charge in [0.1, 0.15) is 11.8 Å². The van der Waals surface area contributed by atoms with E-state index in [1.807, 2.05) is 30.3 Å². The summed E-state index contributed by atoms with van der Waals surface area (Å²) in [5.74, 6) is -1.15. The van der Waals surface area contributed by atoms with Gasteiger partial charge in [0.2, 0.25) is 0 Å². The van der Waals surface area contributed by atoms with Crippen LogP contribution in [0.15, 0.2) is 42.1 Å². The lowest BCUT2D eigenvalue weighted by atomic mass is 10.1. The third-order valence-electron chi connectivity index (χ3n) is 2.58. The Bertz CT molecular complexity index is 481. The van der Waals surface area contributed by atoms with Crippen LogP contribution in [0.2, 0.25) is 0 Å². The molecule has 1 heterocycles. The van der Waals surface area contributed by atoms with Gasteiger partial charge in [-0.2, -0.15) is 0 Å². The van der Waals surface area contributed by atoms with E-state index in [1.54, 1.807) is 0 Å². The summed E-state index contributed by atoms with van der Waals surface area (Å²) in [6.45, 7) is 0.429. The maximum Gasteiger partial charge on any atom is 0.355 e. The van der Waals surface area contributed by atoms with Crippen molar-refractivity contribution < 1.29 is 19.1 Å². The van der Waals surface area contributed by atoms with Gasteiger partial charge in [0.15, 0.2) is 0 Å². The Balaban J connectivity index is 2.07. The van der Waals surface area contributed by atoms with Crippen molar-refractivity contribution in [2.45, 2.75) is 6.10 Å². The SMILES string of the molecule is COC(=O)C=C1NCC(c2ccccc2)OC1=O. The molecule has 5 heteroatoms. The lowest BCUT2D eigenvalue weighted by molar-refractivity contribution is -0.148. The third kappa shape index (κ3) is 2.68. The molecule has 1 aromatic rings. The molecule has 1 aliphatic heterocycles. The second kappa shape index (κ2) is 5.35. The minimum Gasteiger partial charge on any atom is -0.466 e. The van der Waals surface area contributed by atoms with Gasteiger partial charge in [-0.15, -0.1) is 0 Å². The average molecular weight is 247 g/mol. The van der Waals surface area contributed by atoms with Gasteiger partial charge in [0.25, 0.3) is 0 Å². The van der Waals surface area contributed by atoms with Crippen molar-refractivity contribution in [3.63, 3.8) is 0 Å². The van der Waals surface area contributed by atoms with E-state index < -0.39 is 11.9 Å². The number of hydrogen-bond donors (Lipinski definition) is 1. The summed E-state index contributed by atoms with van der Waals surface area (Å²) in [5, 5.41) is 2.87. The highest BCUT2D eigenvalue weighted by atomic mass is 16.5. The van der Waals surface area contributed by atoms with Crippen LogP contribution in [0, 0.1) is 0 Å². The molecule has 5 nitrogen and oxygen atoms in total. The molecule has 0 spiro atoms. The normalized spacial score (nSPS) is 21.1. The zero-order chi connectivity index (χ0) is 13.0. The summed E-state index contributed by atoms with van der Waals surface area (Å²) >= 11 is 0. The van der Waals surface area contributed by atoms with Crippen molar-refractivity contribution >= 4 is 11.9 Å². The van der Waals surface area contributed by atoms with E-state index in [9.17, 15) is 9.59 Å². The molecule has 0 aliphatic carbocycles. The van der Waals surface area contributed by atoms with Crippen molar-refractivity contribution in [2.24, 2.45) is 0 Å². The molecule has 0 radical (unpaired) electrons. The van der Waals surface area contributed by atoms with Crippen molar-refractivity contribution in [1.29, 1.82) is 0 Å². The van der Waals surface area contributed by atoms with Gasteiger partial charge in [-0.3, -0.25) is 0 Å². The van der Waals surface area contributed by atoms with E-state index in [2.05, 4.69) is 10.1 Å². The lowest BCUT2D eigenvalue weighted by Crippen LogP contribution is -2.36. The van der Waals surface area contributed by atoms with Crippen molar-refractivity contribution in [1.82, 2.24) is 5.32 Å². The Morgan fingerprint density at radius 1 is 1.44 bits per heavy atom. The minimum absolute atomic E-state index is 0.119. The third-order valence-corrected chi connectivity index (χ3v) is 2.58. The number of carbonyl (C=O) groups excluding carboxylic acids is 2. The molecular formula is C13H13NO4. The lowest BCUT2D eigenvalue weighted by Gasteiger charge is -2.25. The van der Waals surface area contributed by atoms with Gasteiger partial charge in [0.05, 0.1) is 19.7 Å². The summed E-state index contributed by atoms with van der Waals surface area (Å²) in [4.78, 5) is 22.7. The van der Waals surface area contributed by atoms with Crippen LogP contribution in [-0.2, 0) is 19.1 Å². The topological polar surface area (TPSA) is 64.6 Å². The van der Waals surface area contributed by atoms with Gasteiger partial charge < -0.3 is 14.8 Å². The molecule has 1 unspecified atom stereocenters. The van der Waals surface area contributed by atoms with Crippen LogP contribution in [0.25, 0.3) is 0 Å². The highest BCUT2D eigenvalue weighted by Crippen LogP contribution is 2.21. The zero-order valence-electron chi connectivity index (χ0n) is 9.88. The van der Waals surface area contributed by atoms with Gasteiger partial charge >= 0.3 is 11.9 Å². The van der Waals surface area contributed by atoms with Gasteiger partial charge in [0, 0.05) is 0 Å². The number of carbonyl (C=O) groups is 2. The molecule has 0 amide bonds. The largest absolute Gasteiger partial charge is 0.466 e. The van der Waals surface area contributed by atoms with Crippen molar-refractivity contribution in [3.05, 3.63) is 47.7 Å². The highest BCUT2D eigenvalue weighted by molar-refractivity contribution is 5.96. The number of benzene rings is 1. The molecule has 0 bridgehead atoms. The zero-order valence-corrected chi connectivity index (χ0v) is 9.88. The molecule has 1 atom stereocenters. The van der Waals surface area contributed by atoms with Crippen LogP contribution in [-0.4, -0.2) is 25.6 Å². The Kier molecular flexibility index (Phi) is 3.62. The average Bonchev–Trinajstić information content (AvgIpc) is 2.42. The quantitative estimate of drug-likeness (QED) is 0.622. The van der Waals surface area contributed by atoms with Gasteiger partial charge in [-0.05, 0) is 5.56 Å². The van der Waals surface area contributed by atoms with Crippen LogP contribution in [0.1, 0.15) is 11.7 Å². The number of methoxy groups -OCH3 is 1. The minimum atomic E-state index is -0.590. The summed E-state index contributed by atoms with van der Waals surface area (Å²) in [6.07, 6.45) is 0.747. The first-order valence-corrected chi connectivity index (χ1v) is 5.50. The number of hydrogen-bond acceptors (Lipinski definition) is 5. The predicted octanol–water partition coefficient (Wildman–Crippen LogP) is 0.931. The Morgan fingerprint density at radius 2 is 2.17 bits per heavy atom. The number of esters is 2. The Morgan fingerprint density at radius 3 is 2.78 bits per heavy atom. The molecule has 1 aliphatic rings. The van der Waals surface area contributed by atoms with E-state index >= 15 is 0 Å². The van der Waals surface area contributed by atoms with Crippen LogP contribution in [0.3, 0.4) is 0 Å². The number of cyclic esters (lactones) is 1. The number of ether oxygens (including phenoxy) is 2. The number of nitrogens with one attached hydrogen (secondary N) is 1. The Labute approximate surface area is 104 Å². The molecule has 2 rings (SSSR count). The first-order valence-electron chi connectivity index (χ1n) is 5.50. The van der Waals surface area contributed by atoms with Crippen molar-refractivity contribution in [3.8, 4) is 0 Å². The monoisotopic (exact) mass is 247 g/mol. The maximum absolute atomic E-state index is 11.7. The van der Waals surface area contributed by atoms with Crippen LogP contribution in [0.4, 0.5) is 0 Å². The van der Waals surface area contributed by atoms with E-state index in [0.29, 0.717) is 6.54 Å². The number of morpholine rings is 1. The highest BCUT2D eigenvalue weighted by Gasteiger charge is 2.26. The molecule has 1 aromatic carbocycles.